The van der Waals surface area contributed by atoms with Crippen LogP contribution in [-0.4, -0.2) is 6.71 Å². The van der Waals surface area contributed by atoms with Crippen molar-refractivity contribution < 1.29 is 35.6 Å². The molecule has 0 amide bonds. The van der Waals surface area contributed by atoms with Gasteiger partial charge in [-0.3, -0.25) is 0 Å². The van der Waals surface area contributed by atoms with E-state index in [4.69, 9.17) is 16.4 Å². The van der Waals surface area contributed by atoms with E-state index < -0.39 is 220 Å². The number of nitrogens with zero attached hydrogens (tertiary/aromatic N) is 2. The van der Waals surface area contributed by atoms with Crippen LogP contribution in [0.2, 0.25) is 0 Å². The fourth-order valence-corrected chi connectivity index (χ4v) is 11.3. The van der Waals surface area contributed by atoms with Crippen molar-refractivity contribution in [3.63, 3.8) is 0 Å². The first-order chi connectivity index (χ1) is 48.0. The first kappa shape index (κ1) is 25.4. The molecule has 356 valence electrons. The molecule has 3 heteroatoms. The molecule has 0 N–H and O–H groups in total. The Bertz CT molecular complexity index is 4820. The van der Waals surface area contributed by atoms with E-state index in [2.05, 4.69) is 0 Å². The van der Waals surface area contributed by atoms with Crippen LogP contribution in [0.15, 0.2) is 266 Å². The van der Waals surface area contributed by atoms with E-state index in [1.54, 1.807) is 21.9 Å². The molecule has 1 aliphatic carbocycles. The maximum Gasteiger partial charge on any atom is 0.252 e. The van der Waals surface area contributed by atoms with Crippen molar-refractivity contribution in [2.45, 2.75) is 38.0 Å². The summed E-state index contributed by atoms with van der Waals surface area (Å²) in [6.45, 7) is -1.04. The summed E-state index contributed by atoms with van der Waals surface area (Å²) in [6, 6.07) is 10.3. The summed E-state index contributed by atoms with van der Waals surface area (Å²) in [5.74, 6) is -0.369. The molecule has 0 unspecified atom stereocenters. The molecule has 0 bridgehead atoms. The van der Waals surface area contributed by atoms with Crippen LogP contribution in [0.5, 0.6) is 0 Å². The van der Waals surface area contributed by atoms with Gasteiger partial charge in [0.15, 0.2) is 0 Å². The van der Waals surface area contributed by atoms with E-state index in [0.29, 0.717) is 64.4 Å². The van der Waals surface area contributed by atoms with Gasteiger partial charge in [-0.2, -0.15) is 0 Å². The molecule has 11 aromatic rings. The topological polar surface area (TPSA) is 6.48 Å². The normalized spacial score (nSPS) is 18.6. The summed E-state index contributed by atoms with van der Waals surface area (Å²) in [4.78, 5) is 3.11. The molecule has 2 heterocycles. The monoisotopic (exact) mass is 985 g/mol. The van der Waals surface area contributed by atoms with Crippen molar-refractivity contribution in [1.82, 2.24) is 0 Å². The minimum atomic E-state index is -1.04. The minimum absolute atomic E-state index is 0.107. The maximum absolute atomic E-state index is 10.2. The SMILES string of the molecule is [2H]c1c([2H])c([2H])c(-c2c([2H])c([2H])c([2H])c(-c3c([2H])c([2H])c([2H])c([2H])c3[2H])c2N2c3cc(-c4ccccc4)ccc3B3c4ccc(-c5ccccc5)cc4N(c4c(-c5c([2H])c([2H])c([2H])c([2H])c5[2H])c([2H])c([2H])c([2H])c4-c4c([2H])c([2H])c([2H])c([2H])c4[2H])c4cc(C5CCCCC5)cc2c43)c([2H])c1[2H]. The Hall–Kier alpha value is -8.92. The van der Waals surface area contributed by atoms with Crippen LogP contribution in [0.4, 0.5) is 34.1 Å². The molecule has 0 saturated heterocycles. The molecule has 11 aromatic carbocycles. The van der Waals surface area contributed by atoms with Gasteiger partial charge >= 0.3 is 0 Å². The second kappa shape index (κ2) is 19.2. The van der Waals surface area contributed by atoms with E-state index in [1.165, 1.54) is 0 Å². The number of hydrogen-bond donors (Lipinski definition) is 0. The van der Waals surface area contributed by atoms with Crippen LogP contribution < -0.4 is 26.2 Å². The van der Waals surface area contributed by atoms with Gasteiger partial charge in [0.25, 0.3) is 6.71 Å². The Balaban J connectivity index is 1.28. The van der Waals surface area contributed by atoms with Gasteiger partial charge in [0, 0.05) is 45.0 Å². The number of rotatable bonds is 9. The molecule has 75 heavy (non-hydrogen) atoms. The standard InChI is InChI=1S/C72H55BN2/c1-8-24-50(25-9-1)57-42-44-64-66(46-57)74(71-60(53-30-14-4-15-31-53)38-22-39-61(71)54-32-16-5-17-33-54)68-48-59(52-28-12-3-13-29-52)49-69-70(68)73(64)65-45-43-58(51-26-10-2-11-27-51)47-67(65)75(69)72-62(55-34-18-6-19-35-55)40-23-41-63(72)56-36-20-7-21-37-56/h1-2,4-11,14-27,30-49,52H,3,12-13,28-29H2/i4D,5D,6D,7D,14D,15D,16D,17D,18D,19D,20D,21D,22D,23D,30D,31D,32D,33D,34D,35D,36D,37D,38D,39D,40D,41D. The summed E-state index contributed by atoms with van der Waals surface area (Å²) in [7, 11) is 0. The third-order valence-electron chi connectivity index (χ3n) is 14.5. The van der Waals surface area contributed by atoms with Crippen LogP contribution in [0.1, 0.15) is 79.2 Å². The fourth-order valence-electron chi connectivity index (χ4n) is 11.3. The molecule has 2 aliphatic heterocycles. The number of hydrogen-bond acceptors (Lipinski definition) is 2. The Morgan fingerprint density at radius 3 is 1.08 bits per heavy atom. The second-order valence-corrected chi connectivity index (χ2v) is 18.6. The lowest BCUT2D eigenvalue weighted by molar-refractivity contribution is 0.444. The third kappa shape index (κ3) is 7.90. The molecule has 0 aromatic heterocycles. The fraction of sp³-hybridized carbons (Fsp3) is 0.0833. The van der Waals surface area contributed by atoms with Gasteiger partial charge in [-0.1, -0.05) is 261 Å². The molecule has 0 atom stereocenters. The molecule has 0 radical (unpaired) electrons. The highest BCUT2D eigenvalue weighted by atomic mass is 15.2. The van der Waals surface area contributed by atoms with Crippen molar-refractivity contribution in [3.05, 3.63) is 272 Å². The molecule has 2 nitrogen and oxygen atoms in total. The van der Waals surface area contributed by atoms with Crippen molar-refractivity contribution in [1.29, 1.82) is 0 Å². The Morgan fingerprint density at radius 1 is 0.333 bits per heavy atom. The number of para-hydroxylation sites is 2. The van der Waals surface area contributed by atoms with Gasteiger partial charge in [0.2, 0.25) is 0 Å². The van der Waals surface area contributed by atoms with Crippen LogP contribution >= 0.6 is 0 Å². The average molecular weight is 985 g/mol. The maximum atomic E-state index is 10.2. The third-order valence-corrected chi connectivity index (χ3v) is 14.5. The van der Waals surface area contributed by atoms with E-state index in [-0.39, 0.29) is 34.1 Å². The summed E-state index contributed by atoms with van der Waals surface area (Å²) >= 11 is 0. The van der Waals surface area contributed by atoms with Gasteiger partial charge in [0.1, 0.15) is 0 Å². The predicted octanol–water partition coefficient (Wildman–Crippen LogP) is 17.8. The number of benzene rings is 11. The van der Waals surface area contributed by atoms with Crippen LogP contribution in [0, 0.1) is 0 Å². The zero-order valence-corrected chi connectivity index (χ0v) is 40.0. The largest absolute Gasteiger partial charge is 0.310 e. The number of fused-ring (bicyclic) bond motifs is 4. The molecule has 0 spiro atoms. The Labute approximate surface area is 478 Å². The molecular weight excluding hydrogens is 904 g/mol. The van der Waals surface area contributed by atoms with Crippen molar-refractivity contribution >= 4 is 57.2 Å². The first-order valence-electron chi connectivity index (χ1n) is 37.8. The van der Waals surface area contributed by atoms with Crippen molar-refractivity contribution in [2.24, 2.45) is 0 Å². The zero-order chi connectivity index (χ0) is 72.3. The van der Waals surface area contributed by atoms with Gasteiger partial charge < -0.3 is 9.80 Å². The number of anilines is 6. The summed E-state index contributed by atoms with van der Waals surface area (Å²) < 4.78 is 246. The highest BCUT2D eigenvalue weighted by molar-refractivity contribution is 7.00. The van der Waals surface area contributed by atoms with Crippen LogP contribution in [0.25, 0.3) is 66.8 Å². The Morgan fingerprint density at radius 2 is 0.707 bits per heavy atom. The first-order valence-corrected chi connectivity index (χ1v) is 24.8. The van der Waals surface area contributed by atoms with Crippen molar-refractivity contribution in [2.75, 3.05) is 9.80 Å². The summed E-state index contributed by atoms with van der Waals surface area (Å²) in [6.07, 6.45) is 3.36. The van der Waals surface area contributed by atoms with Gasteiger partial charge in [0.05, 0.1) is 47.0 Å². The highest BCUT2D eigenvalue weighted by Gasteiger charge is 2.45. The summed E-state index contributed by atoms with van der Waals surface area (Å²) in [5, 5.41) is 0. The van der Waals surface area contributed by atoms with Gasteiger partial charge in [-0.25, -0.2) is 0 Å². The van der Waals surface area contributed by atoms with E-state index in [0.717, 1.165) is 6.42 Å². The molecule has 1 saturated carbocycles. The molecule has 14 rings (SSSR count). The lowest BCUT2D eigenvalue weighted by Gasteiger charge is -2.46. The quantitative estimate of drug-likeness (QED) is 0.133. The Kier molecular flexibility index (Phi) is 6.48. The summed E-state index contributed by atoms with van der Waals surface area (Å²) in [5.41, 5.74) is -1.27. The van der Waals surface area contributed by atoms with Gasteiger partial charge in [-0.15, -0.1) is 0 Å². The average Bonchev–Trinajstić information content (AvgIpc) is 0.686. The highest BCUT2D eigenvalue weighted by Crippen LogP contribution is 2.54. The lowest BCUT2D eigenvalue weighted by atomic mass is 9.33. The zero-order valence-electron chi connectivity index (χ0n) is 66.0. The predicted molar refractivity (Wildman–Crippen MR) is 319 cm³/mol. The van der Waals surface area contributed by atoms with Gasteiger partial charge in [-0.05, 0) is 109 Å². The van der Waals surface area contributed by atoms with Crippen molar-refractivity contribution in [3.8, 4) is 66.8 Å². The minimum Gasteiger partial charge on any atom is -0.310 e. The van der Waals surface area contributed by atoms with E-state index in [9.17, 15) is 19.2 Å². The molecule has 1 fully saturated rings. The van der Waals surface area contributed by atoms with E-state index >= 15 is 0 Å². The smallest absolute Gasteiger partial charge is 0.252 e. The molecule has 3 aliphatic rings. The van der Waals surface area contributed by atoms with E-state index in [1.807, 2.05) is 97.1 Å². The van der Waals surface area contributed by atoms with Crippen LogP contribution in [-0.2, 0) is 0 Å². The lowest BCUT2D eigenvalue weighted by Crippen LogP contribution is -2.61. The molecular formula is C72H55BN2. The van der Waals surface area contributed by atoms with Crippen LogP contribution in [0.3, 0.4) is 0 Å². The second-order valence-electron chi connectivity index (χ2n) is 18.6.